The lowest BCUT2D eigenvalue weighted by molar-refractivity contribution is -0.140. The molecule has 0 saturated carbocycles. The molecule has 1 aliphatic carbocycles. The summed E-state index contributed by atoms with van der Waals surface area (Å²) in [6.45, 7) is 0.225. The van der Waals surface area contributed by atoms with Crippen molar-refractivity contribution in [2.24, 2.45) is 5.73 Å². The maximum absolute atomic E-state index is 12.7. The molecule has 1 saturated heterocycles. The van der Waals surface area contributed by atoms with E-state index < -0.39 is 23.0 Å². The number of aromatic amines is 1. The van der Waals surface area contributed by atoms with Crippen LogP contribution in [0.4, 0.5) is 0 Å². The van der Waals surface area contributed by atoms with Gasteiger partial charge >= 0.3 is 0 Å². The van der Waals surface area contributed by atoms with Crippen molar-refractivity contribution in [3.05, 3.63) is 33.2 Å². The number of nitrogens with one attached hydrogen (secondary N) is 1. The molecule has 7 nitrogen and oxygen atoms in total. The summed E-state index contributed by atoms with van der Waals surface area (Å²) in [5, 5.41) is 10.2. The number of hydrogen-bond acceptors (Lipinski definition) is 4. The second-order valence-electron chi connectivity index (χ2n) is 6.45. The molecule has 3 rings (SSSR count). The first-order valence-corrected chi connectivity index (χ1v) is 7.97. The second kappa shape index (κ2) is 5.81. The summed E-state index contributed by atoms with van der Waals surface area (Å²) in [7, 11) is 0. The highest BCUT2D eigenvalue weighted by molar-refractivity contribution is 5.95. The number of primary amides is 1. The number of likely N-dealkylation sites (tertiary alicyclic amines) is 1. The largest absolute Gasteiger partial charge is 0.378 e. The van der Waals surface area contributed by atoms with Crippen LogP contribution in [0.1, 0.15) is 47.3 Å². The number of aromatic nitrogens is 1. The fourth-order valence-electron chi connectivity index (χ4n) is 3.41. The molecule has 1 aliphatic heterocycles. The maximum atomic E-state index is 12.7. The van der Waals surface area contributed by atoms with Crippen LogP contribution >= 0.6 is 0 Å². The predicted molar refractivity (Wildman–Crippen MR) is 83.0 cm³/mol. The number of aryl methyl sites for hydroxylation is 2. The minimum atomic E-state index is -1.71. The molecule has 1 fully saturated rings. The Morgan fingerprint density at radius 2 is 2.00 bits per heavy atom. The van der Waals surface area contributed by atoms with Gasteiger partial charge in [-0.1, -0.05) is 0 Å². The van der Waals surface area contributed by atoms with Crippen molar-refractivity contribution >= 4 is 11.8 Å². The van der Waals surface area contributed by atoms with Crippen LogP contribution in [-0.2, 0) is 17.6 Å². The number of β-amino-alcohol motifs (C(OH)–C–C–N with tert-alkyl or cyclic N) is 1. The highest BCUT2D eigenvalue weighted by Crippen LogP contribution is 2.23. The van der Waals surface area contributed by atoms with Crippen LogP contribution in [0.15, 0.2) is 10.9 Å². The van der Waals surface area contributed by atoms with Crippen molar-refractivity contribution in [3.63, 3.8) is 0 Å². The van der Waals surface area contributed by atoms with E-state index in [1.54, 1.807) is 6.07 Å². The first kappa shape index (κ1) is 15.7. The highest BCUT2D eigenvalue weighted by Gasteiger charge is 2.40. The minimum absolute atomic E-state index is 0.0689. The number of rotatable bonds is 2. The topological polar surface area (TPSA) is 116 Å². The number of fused-ring (bicyclic) bond motifs is 1. The Hall–Kier alpha value is -2.15. The monoisotopic (exact) mass is 319 g/mol. The molecule has 0 spiro atoms. The lowest BCUT2D eigenvalue weighted by Gasteiger charge is -2.37. The molecule has 124 valence electrons. The Kier molecular flexibility index (Phi) is 3.97. The molecule has 1 aromatic heterocycles. The van der Waals surface area contributed by atoms with Gasteiger partial charge in [0.15, 0.2) is 5.60 Å². The van der Waals surface area contributed by atoms with Gasteiger partial charge in [-0.25, -0.2) is 0 Å². The fraction of sp³-hybridized carbons (Fsp3) is 0.562. The molecule has 7 heteroatoms. The van der Waals surface area contributed by atoms with E-state index in [9.17, 15) is 19.5 Å². The van der Waals surface area contributed by atoms with Crippen LogP contribution < -0.4 is 11.3 Å². The Labute approximate surface area is 133 Å². The van der Waals surface area contributed by atoms with Gasteiger partial charge in [0.05, 0.1) is 6.54 Å². The Balaban J connectivity index is 1.88. The lowest BCUT2D eigenvalue weighted by atomic mass is 9.91. The predicted octanol–water partition coefficient (Wildman–Crippen LogP) is -0.294. The van der Waals surface area contributed by atoms with Gasteiger partial charge in [-0.3, -0.25) is 14.4 Å². The van der Waals surface area contributed by atoms with E-state index in [1.807, 2.05) is 0 Å². The van der Waals surface area contributed by atoms with Gasteiger partial charge in [-0.05, 0) is 50.2 Å². The third kappa shape index (κ3) is 2.88. The number of aliphatic hydroxyl groups is 1. The Morgan fingerprint density at radius 3 is 2.74 bits per heavy atom. The van der Waals surface area contributed by atoms with Gasteiger partial charge in [0.1, 0.15) is 5.56 Å². The molecule has 2 amide bonds. The van der Waals surface area contributed by atoms with Crippen LogP contribution in [0.3, 0.4) is 0 Å². The van der Waals surface area contributed by atoms with Gasteiger partial charge in [0, 0.05) is 12.2 Å². The van der Waals surface area contributed by atoms with E-state index in [0.29, 0.717) is 13.0 Å². The van der Waals surface area contributed by atoms with E-state index in [1.165, 1.54) is 4.90 Å². The number of piperidine rings is 1. The van der Waals surface area contributed by atoms with Crippen molar-refractivity contribution in [2.75, 3.05) is 13.1 Å². The standard InChI is InChI=1S/C16H21N3O4/c17-15(22)16(23)6-3-7-19(9-16)14(21)11-8-10-4-1-2-5-12(10)18-13(11)20/h8,23H,1-7,9H2,(H2,17,22)(H,18,20). The molecule has 0 bridgehead atoms. The molecule has 1 unspecified atom stereocenters. The smallest absolute Gasteiger partial charge is 0.261 e. The summed E-state index contributed by atoms with van der Waals surface area (Å²) < 4.78 is 0. The van der Waals surface area contributed by atoms with Gasteiger partial charge in [0.25, 0.3) is 17.4 Å². The number of nitrogens with two attached hydrogens (primary N) is 1. The quantitative estimate of drug-likeness (QED) is 0.694. The number of carbonyl (C=O) groups excluding carboxylic acids is 2. The molecule has 2 aliphatic rings. The summed E-state index contributed by atoms with van der Waals surface area (Å²) in [5.74, 6) is -1.30. The number of hydrogen-bond donors (Lipinski definition) is 3. The normalized spacial score (nSPS) is 24.1. The third-order valence-electron chi connectivity index (χ3n) is 4.79. The highest BCUT2D eigenvalue weighted by atomic mass is 16.3. The molecule has 1 aromatic rings. The van der Waals surface area contributed by atoms with E-state index in [4.69, 9.17) is 5.73 Å². The fourth-order valence-corrected chi connectivity index (χ4v) is 3.41. The molecule has 1 atom stereocenters. The van der Waals surface area contributed by atoms with Crippen LogP contribution in [0.2, 0.25) is 0 Å². The number of amides is 2. The first-order chi connectivity index (χ1) is 10.9. The van der Waals surface area contributed by atoms with Crippen molar-refractivity contribution in [2.45, 2.75) is 44.1 Å². The first-order valence-electron chi connectivity index (χ1n) is 7.97. The molecule has 23 heavy (non-hydrogen) atoms. The summed E-state index contributed by atoms with van der Waals surface area (Å²) in [5.41, 5.74) is 5.08. The molecular formula is C16H21N3O4. The van der Waals surface area contributed by atoms with Crippen LogP contribution in [0.5, 0.6) is 0 Å². The molecule has 0 radical (unpaired) electrons. The lowest BCUT2D eigenvalue weighted by Crippen LogP contribution is -2.57. The van der Waals surface area contributed by atoms with Crippen molar-refractivity contribution < 1.29 is 14.7 Å². The Bertz CT molecular complexity index is 712. The molecule has 0 aromatic carbocycles. The van der Waals surface area contributed by atoms with Crippen molar-refractivity contribution in [1.82, 2.24) is 9.88 Å². The number of nitrogens with zero attached hydrogens (tertiary/aromatic N) is 1. The maximum Gasteiger partial charge on any atom is 0.261 e. The minimum Gasteiger partial charge on any atom is -0.378 e. The van der Waals surface area contributed by atoms with Crippen LogP contribution in [-0.4, -0.2) is 45.5 Å². The van der Waals surface area contributed by atoms with E-state index >= 15 is 0 Å². The van der Waals surface area contributed by atoms with E-state index in [0.717, 1.165) is 36.9 Å². The number of pyridine rings is 1. The van der Waals surface area contributed by atoms with E-state index in [-0.39, 0.29) is 18.5 Å². The van der Waals surface area contributed by atoms with Crippen molar-refractivity contribution in [3.8, 4) is 0 Å². The summed E-state index contributed by atoms with van der Waals surface area (Å²) in [6.07, 6.45) is 4.44. The molecule has 4 N–H and O–H groups in total. The zero-order valence-corrected chi connectivity index (χ0v) is 12.9. The van der Waals surface area contributed by atoms with Crippen LogP contribution in [0.25, 0.3) is 0 Å². The zero-order chi connectivity index (χ0) is 16.6. The number of H-pyrrole nitrogens is 1. The zero-order valence-electron chi connectivity index (χ0n) is 12.9. The van der Waals surface area contributed by atoms with Gasteiger partial charge in [0.2, 0.25) is 0 Å². The second-order valence-corrected chi connectivity index (χ2v) is 6.45. The third-order valence-corrected chi connectivity index (χ3v) is 4.79. The van der Waals surface area contributed by atoms with Gasteiger partial charge in [-0.15, -0.1) is 0 Å². The van der Waals surface area contributed by atoms with E-state index in [2.05, 4.69) is 4.98 Å². The summed E-state index contributed by atoms with van der Waals surface area (Å²) in [6, 6.07) is 1.66. The Morgan fingerprint density at radius 1 is 1.26 bits per heavy atom. The van der Waals surface area contributed by atoms with Gasteiger partial charge in [-0.2, -0.15) is 0 Å². The average Bonchev–Trinajstić information content (AvgIpc) is 2.53. The van der Waals surface area contributed by atoms with Crippen molar-refractivity contribution in [1.29, 1.82) is 0 Å². The SMILES string of the molecule is NC(=O)C1(O)CCCN(C(=O)c2cc3c([nH]c2=O)CCCC3)C1. The van der Waals surface area contributed by atoms with Crippen LogP contribution in [0, 0.1) is 0 Å². The summed E-state index contributed by atoms with van der Waals surface area (Å²) >= 11 is 0. The molecule has 2 heterocycles. The average molecular weight is 319 g/mol. The molecular weight excluding hydrogens is 298 g/mol. The number of carbonyl (C=O) groups is 2. The summed E-state index contributed by atoms with van der Waals surface area (Å²) in [4.78, 5) is 40.4. The van der Waals surface area contributed by atoms with Gasteiger partial charge < -0.3 is 20.7 Å².